The van der Waals surface area contributed by atoms with Gasteiger partial charge in [0.05, 0.1) is 22.7 Å². The number of carbonyl (C=O) groups is 2. The molecule has 2 N–H and O–H groups in total. The number of aliphatic carboxylic acids is 1. The first-order valence-corrected chi connectivity index (χ1v) is 9.08. The fraction of sp³-hybridized carbons (Fsp3) is 0.350. The molecule has 1 aromatic heterocycles. The van der Waals surface area contributed by atoms with Gasteiger partial charge in [0.25, 0.3) is 0 Å². The smallest absolute Gasteiger partial charge is 0.416 e. The third-order valence-corrected chi connectivity index (χ3v) is 4.53. The Morgan fingerprint density at radius 1 is 1.10 bits per heavy atom. The molecule has 0 aliphatic heterocycles. The minimum Gasteiger partial charge on any atom is -0.481 e. The van der Waals surface area contributed by atoms with Crippen molar-refractivity contribution < 1.29 is 32.3 Å². The molecule has 1 amide bonds. The van der Waals surface area contributed by atoms with Crippen molar-refractivity contribution in [2.75, 3.05) is 0 Å². The van der Waals surface area contributed by atoms with Crippen LogP contribution in [-0.2, 0) is 21.3 Å². The van der Waals surface area contributed by atoms with Crippen LogP contribution in [0.3, 0.4) is 0 Å². The molecule has 0 saturated carbocycles. The van der Waals surface area contributed by atoms with Gasteiger partial charge in [0, 0.05) is 11.6 Å². The normalized spacial score (nSPS) is 14.1. The summed E-state index contributed by atoms with van der Waals surface area (Å²) in [6.45, 7) is 4.61. The van der Waals surface area contributed by atoms with Gasteiger partial charge in [-0.15, -0.1) is 0 Å². The van der Waals surface area contributed by atoms with E-state index in [4.69, 9.17) is 11.6 Å². The SMILES string of the molecule is CC(C)(C)C(=O)N[C@@](CC(=O)O)(c1cc(F)cc(C(F)(F)F)c1)c1ccc(Cl)cn1. The van der Waals surface area contributed by atoms with Crippen molar-refractivity contribution in [3.05, 3.63) is 64.2 Å². The van der Waals surface area contributed by atoms with Gasteiger partial charge in [0.1, 0.15) is 11.4 Å². The summed E-state index contributed by atoms with van der Waals surface area (Å²) in [5.74, 6) is -3.36. The molecule has 0 aliphatic carbocycles. The van der Waals surface area contributed by atoms with E-state index in [1.54, 1.807) is 0 Å². The lowest BCUT2D eigenvalue weighted by Gasteiger charge is -2.36. The van der Waals surface area contributed by atoms with Crippen molar-refractivity contribution in [2.45, 2.75) is 38.9 Å². The van der Waals surface area contributed by atoms with Gasteiger partial charge in [-0.25, -0.2) is 4.39 Å². The Morgan fingerprint density at radius 3 is 2.17 bits per heavy atom. The average molecular weight is 447 g/mol. The zero-order chi connectivity index (χ0) is 22.9. The van der Waals surface area contributed by atoms with Crippen molar-refractivity contribution in [2.24, 2.45) is 5.41 Å². The monoisotopic (exact) mass is 446 g/mol. The van der Waals surface area contributed by atoms with E-state index in [9.17, 15) is 32.3 Å². The summed E-state index contributed by atoms with van der Waals surface area (Å²) in [6, 6.07) is 4.25. The van der Waals surface area contributed by atoms with Crippen molar-refractivity contribution >= 4 is 23.5 Å². The van der Waals surface area contributed by atoms with E-state index < -0.39 is 52.4 Å². The highest BCUT2D eigenvalue weighted by Gasteiger charge is 2.43. The molecule has 0 fully saturated rings. The van der Waals surface area contributed by atoms with Gasteiger partial charge in [-0.2, -0.15) is 13.2 Å². The highest BCUT2D eigenvalue weighted by atomic mass is 35.5. The van der Waals surface area contributed by atoms with Gasteiger partial charge in [0.15, 0.2) is 0 Å². The first-order valence-electron chi connectivity index (χ1n) is 8.70. The summed E-state index contributed by atoms with van der Waals surface area (Å²) in [6.07, 6.45) is -4.63. The van der Waals surface area contributed by atoms with Crippen LogP contribution in [0.25, 0.3) is 0 Å². The van der Waals surface area contributed by atoms with Crippen molar-refractivity contribution in [3.63, 3.8) is 0 Å². The molecule has 1 atom stereocenters. The highest BCUT2D eigenvalue weighted by Crippen LogP contribution is 2.38. The van der Waals surface area contributed by atoms with E-state index in [1.165, 1.54) is 32.9 Å². The summed E-state index contributed by atoms with van der Waals surface area (Å²) in [5, 5.41) is 12.2. The fourth-order valence-corrected chi connectivity index (χ4v) is 2.87. The third-order valence-electron chi connectivity index (χ3n) is 4.31. The van der Waals surface area contributed by atoms with Gasteiger partial charge in [-0.1, -0.05) is 32.4 Å². The van der Waals surface area contributed by atoms with Crippen LogP contribution in [0.5, 0.6) is 0 Å². The number of halogens is 5. The number of rotatable bonds is 5. The molecular weight excluding hydrogens is 428 g/mol. The van der Waals surface area contributed by atoms with Gasteiger partial charge < -0.3 is 10.4 Å². The largest absolute Gasteiger partial charge is 0.481 e. The summed E-state index contributed by atoms with van der Waals surface area (Å²) in [5.41, 5.74) is -4.96. The Labute approximate surface area is 175 Å². The zero-order valence-corrected chi connectivity index (χ0v) is 17.0. The van der Waals surface area contributed by atoms with Gasteiger partial charge in [0.2, 0.25) is 5.91 Å². The van der Waals surface area contributed by atoms with Gasteiger partial charge in [-0.3, -0.25) is 14.6 Å². The topological polar surface area (TPSA) is 79.3 Å². The van der Waals surface area contributed by atoms with E-state index in [0.29, 0.717) is 6.07 Å². The van der Waals surface area contributed by atoms with Gasteiger partial charge >= 0.3 is 12.1 Å². The molecule has 10 heteroatoms. The Morgan fingerprint density at radius 2 is 1.70 bits per heavy atom. The summed E-state index contributed by atoms with van der Waals surface area (Å²) < 4.78 is 54.1. The van der Waals surface area contributed by atoms with Crippen LogP contribution in [0.4, 0.5) is 17.6 Å². The predicted molar refractivity (Wildman–Crippen MR) is 101 cm³/mol. The van der Waals surface area contributed by atoms with Crippen LogP contribution in [0.1, 0.15) is 44.0 Å². The Kier molecular flexibility index (Phi) is 6.46. The molecule has 2 rings (SSSR count). The Hall–Kier alpha value is -2.68. The highest BCUT2D eigenvalue weighted by molar-refractivity contribution is 6.30. The zero-order valence-electron chi connectivity index (χ0n) is 16.3. The lowest BCUT2D eigenvalue weighted by atomic mass is 9.80. The number of nitrogens with one attached hydrogen (secondary N) is 1. The molecule has 1 heterocycles. The quantitative estimate of drug-likeness (QED) is 0.648. The van der Waals surface area contributed by atoms with Gasteiger partial charge in [-0.05, 0) is 35.9 Å². The number of benzene rings is 1. The molecule has 1 aromatic carbocycles. The minimum atomic E-state index is -4.90. The molecular formula is C20H19ClF4N2O3. The number of carboxylic acid groups (broad SMARTS) is 1. The first kappa shape index (κ1) is 23.6. The molecule has 0 aliphatic rings. The molecule has 30 heavy (non-hydrogen) atoms. The number of hydrogen-bond acceptors (Lipinski definition) is 3. The molecule has 162 valence electrons. The number of carboxylic acids is 1. The van der Waals surface area contributed by atoms with Crippen molar-refractivity contribution in [3.8, 4) is 0 Å². The lowest BCUT2D eigenvalue weighted by molar-refractivity contribution is -0.139. The van der Waals surface area contributed by atoms with Crippen LogP contribution in [-0.4, -0.2) is 22.0 Å². The molecule has 0 bridgehead atoms. The van der Waals surface area contributed by atoms with Crippen LogP contribution in [0, 0.1) is 11.2 Å². The predicted octanol–water partition coefficient (Wildman–Crippen LogP) is 4.77. The van der Waals surface area contributed by atoms with E-state index in [1.807, 2.05) is 0 Å². The van der Waals surface area contributed by atoms with E-state index in [2.05, 4.69) is 10.3 Å². The molecule has 2 aromatic rings. The fourth-order valence-electron chi connectivity index (χ4n) is 2.76. The Bertz CT molecular complexity index is 956. The van der Waals surface area contributed by atoms with Crippen molar-refractivity contribution in [1.82, 2.24) is 10.3 Å². The van der Waals surface area contributed by atoms with E-state index in [0.717, 1.165) is 12.3 Å². The standard InChI is InChI=1S/C20H19ClF4N2O3/c1-18(2,3)17(30)27-19(9-16(28)29,15-5-4-13(21)10-26-15)11-6-12(20(23,24)25)8-14(22)7-11/h4-8,10H,9H2,1-3H3,(H,27,30)(H,28,29)/t19-/m0/s1. The number of hydrogen-bond donors (Lipinski definition) is 2. The maximum atomic E-state index is 14.2. The maximum absolute atomic E-state index is 14.2. The maximum Gasteiger partial charge on any atom is 0.416 e. The van der Waals surface area contributed by atoms with Crippen LogP contribution in [0.2, 0.25) is 5.02 Å². The Balaban J connectivity index is 2.86. The summed E-state index contributed by atoms with van der Waals surface area (Å²) >= 11 is 5.83. The lowest BCUT2D eigenvalue weighted by Crippen LogP contribution is -2.52. The third kappa shape index (κ3) is 5.27. The van der Waals surface area contributed by atoms with E-state index in [-0.39, 0.29) is 16.8 Å². The van der Waals surface area contributed by atoms with Crippen LogP contribution >= 0.6 is 11.6 Å². The second-order valence-corrected chi connectivity index (χ2v) is 8.20. The molecule has 5 nitrogen and oxygen atoms in total. The molecule has 0 saturated heterocycles. The average Bonchev–Trinajstić information content (AvgIpc) is 2.59. The number of aromatic nitrogens is 1. The number of pyridine rings is 1. The number of amides is 1. The second kappa shape index (κ2) is 8.22. The van der Waals surface area contributed by atoms with Crippen LogP contribution in [0.15, 0.2) is 36.5 Å². The molecule has 0 spiro atoms. The number of nitrogens with zero attached hydrogens (tertiary/aromatic N) is 1. The second-order valence-electron chi connectivity index (χ2n) is 7.77. The molecule has 0 unspecified atom stereocenters. The summed E-state index contributed by atoms with van der Waals surface area (Å²) in [4.78, 5) is 28.5. The number of alkyl halides is 3. The first-order chi connectivity index (χ1) is 13.6. The van der Waals surface area contributed by atoms with E-state index >= 15 is 0 Å². The minimum absolute atomic E-state index is 0.106. The molecule has 0 radical (unpaired) electrons. The number of carbonyl (C=O) groups excluding carboxylic acids is 1. The van der Waals surface area contributed by atoms with Crippen molar-refractivity contribution in [1.29, 1.82) is 0 Å². The summed E-state index contributed by atoms with van der Waals surface area (Å²) in [7, 11) is 0. The van der Waals surface area contributed by atoms with Crippen LogP contribution < -0.4 is 5.32 Å².